The van der Waals surface area contributed by atoms with Crippen molar-refractivity contribution >= 4 is 11.8 Å². The van der Waals surface area contributed by atoms with Crippen molar-refractivity contribution in [2.45, 2.75) is 129 Å². The lowest BCUT2D eigenvalue weighted by Gasteiger charge is -2.07. The average Bonchev–Trinajstić information content (AvgIpc) is 2.76. The van der Waals surface area contributed by atoms with Crippen LogP contribution in [0.2, 0.25) is 0 Å². The number of unbranched alkanes of at least 4 members (excludes halogenated alkanes) is 12. The van der Waals surface area contributed by atoms with E-state index < -0.39 is 0 Å². The third-order valence-electron chi connectivity index (χ3n) is 5.72. The molecule has 0 atom stereocenters. The van der Waals surface area contributed by atoms with E-state index in [0.29, 0.717) is 12.8 Å². The first-order valence-electron chi connectivity index (χ1n) is 13.4. The first-order valence-corrected chi connectivity index (χ1v) is 13.4. The molecule has 0 saturated carbocycles. The van der Waals surface area contributed by atoms with Crippen LogP contribution in [0, 0.1) is 0 Å². The SMILES string of the molecule is CCCCCCCNC(=O)CCCCCNCCCCCC(=O)NCCCCCCC. The van der Waals surface area contributed by atoms with Crippen LogP contribution < -0.4 is 16.0 Å². The number of nitrogens with one attached hydrogen (secondary N) is 3. The highest BCUT2D eigenvalue weighted by atomic mass is 16.2. The molecular weight excluding hydrogens is 386 g/mol. The summed E-state index contributed by atoms with van der Waals surface area (Å²) >= 11 is 0. The summed E-state index contributed by atoms with van der Waals surface area (Å²) in [7, 11) is 0. The fraction of sp³-hybridized carbons (Fsp3) is 0.923. The van der Waals surface area contributed by atoms with Crippen molar-refractivity contribution in [1.29, 1.82) is 0 Å². The van der Waals surface area contributed by atoms with E-state index in [9.17, 15) is 9.59 Å². The highest BCUT2D eigenvalue weighted by Gasteiger charge is 2.01. The summed E-state index contributed by atoms with van der Waals surface area (Å²) in [6.07, 6.45) is 20.1. The Kier molecular flexibility index (Phi) is 24.3. The van der Waals surface area contributed by atoms with Crippen LogP contribution in [0.3, 0.4) is 0 Å². The molecule has 2 amide bonds. The van der Waals surface area contributed by atoms with Gasteiger partial charge in [0, 0.05) is 25.9 Å². The standard InChI is InChI=1S/C26H53N3O2/c1-3-5-7-9-17-23-28-25(30)19-13-11-15-21-27-22-16-12-14-20-26(31)29-24-18-10-8-6-4-2/h27H,3-24H2,1-2H3,(H,28,30)(H,29,31). The van der Waals surface area contributed by atoms with Gasteiger partial charge in [0.2, 0.25) is 11.8 Å². The Hall–Kier alpha value is -1.10. The van der Waals surface area contributed by atoms with Crippen molar-refractivity contribution in [3.8, 4) is 0 Å². The van der Waals surface area contributed by atoms with Crippen LogP contribution in [0.1, 0.15) is 129 Å². The molecule has 31 heavy (non-hydrogen) atoms. The third-order valence-corrected chi connectivity index (χ3v) is 5.72. The minimum atomic E-state index is 0.212. The minimum absolute atomic E-state index is 0.212. The summed E-state index contributed by atoms with van der Waals surface area (Å²) in [6.45, 7) is 8.17. The molecule has 5 heteroatoms. The number of carbonyl (C=O) groups is 2. The second-order valence-electron chi connectivity index (χ2n) is 8.90. The van der Waals surface area contributed by atoms with E-state index in [2.05, 4.69) is 29.8 Å². The smallest absolute Gasteiger partial charge is 0.219 e. The van der Waals surface area contributed by atoms with Gasteiger partial charge in [0.1, 0.15) is 0 Å². The van der Waals surface area contributed by atoms with Gasteiger partial charge in [0.25, 0.3) is 0 Å². The van der Waals surface area contributed by atoms with E-state index >= 15 is 0 Å². The first kappa shape index (κ1) is 29.9. The summed E-state index contributed by atoms with van der Waals surface area (Å²) in [5, 5.41) is 9.55. The molecule has 0 spiro atoms. The van der Waals surface area contributed by atoms with Gasteiger partial charge in [0.05, 0.1) is 0 Å². The summed E-state index contributed by atoms with van der Waals surface area (Å²) in [6, 6.07) is 0. The minimum Gasteiger partial charge on any atom is -0.356 e. The van der Waals surface area contributed by atoms with E-state index in [1.165, 1.54) is 51.4 Å². The van der Waals surface area contributed by atoms with Crippen molar-refractivity contribution in [3.05, 3.63) is 0 Å². The van der Waals surface area contributed by atoms with Crippen molar-refractivity contribution in [3.63, 3.8) is 0 Å². The molecule has 0 aliphatic rings. The quantitative estimate of drug-likeness (QED) is 0.165. The molecule has 0 rings (SSSR count). The molecule has 0 saturated heterocycles. The maximum atomic E-state index is 11.8. The molecule has 0 aliphatic carbocycles. The summed E-state index contributed by atoms with van der Waals surface area (Å²) in [5.41, 5.74) is 0. The number of carbonyl (C=O) groups excluding carboxylic acids is 2. The van der Waals surface area contributed by atoms with Crippen molar-refractivity contribution in [2.24, 2.45) is 0 Å². The Morgan fingerprint density at radius 1 is 0.452 bits per heavy atom. The lowest BCUT2D eigenvalue weighted by Crippen LogP contribution is -2.24. The van der Waals surface area contributed by atoms with E-state index in [4.69, 9.17) is 0 Å². The van der Waals surface area contributed by atoms with E-state index in [1.807, 2.05) is 0 Å². The zero-order chi connectivity index (χ0) is 22.8. The van der Waals surface area contributed by atoms with Gasteiger partial charge in [-0.05, 0) is 51.6 Å². The average molecular weight is 440 g/mol. The van der Waals surface area contributed by atoms with E-state index in [-0.39, 0.29) is 11.8 Å². The predicted octanol–water partition coefficient (Wildman–Crippen LogP) is 5.87. The number of hydrogen-bond donors (Lipinski definition) is 3. The highest BCUT2D eigenvalue weighted by molar-refractivity contribution is 5.76. The number of rotatable bonds is 24. The van der Waals surface area contributed by atoms with Gasteiger partial charge >= 0.3 is 0 Å². The Labute approximate surface area is 193 Å². The van der Waals surface area contributed by atoms with Gasteiger partial charge in [-0.25, -0.2) is 0 Å². The lowest BCUT2D eigenvalue weighted by molar-refractivity contribution is -0.122. The van der Waals surface area contributed by atoms with Crippen molar-refractivity contribution < 1.29 is 9.59 Å². The molecule has 5 nitrogen and oxygen atoms in total. The van der Waals surface area contributed by atoms with Gasteiger partial charge in [-0.15, -0.1) is 0 Å². The lowest BCUT2D eigenvalue weighted by atomic mass is 10.1. The molecule has 0 fully saturated rings. The Balaban J connectivity index is 3.22. The second kappa shape index (κ2) is 25.2. The fourth-order valence-corrected chi connectivity index (χ4v) is 3.64. The maximum absolute atomic E-state index is 11.8. The molecule has 0 heterocycles. The van der Waals surface area contributed by atoms with Gasteiger partial charge in [-0.3, -0.25) is 9.59 Å². The zero-order valence-electron chi connectivity index (χ0n) is 20.9. The number of hydrogen-bond acceptors (Lipinski definition) is 3. The van der Waals surface area contributed by atoms with E-state index in [1.54, 1.807) is 0 Å². The molecule has 0 unspecified atom stereocenters. The Bertz CT molecular complexity index is 366. The fourth-order valence-electron chi connectivity index (χ4n) is 3.64. The summed E-state index contributed by atoms with van der Waals surface area (Å²) in [4.78, 5) is 23.5. The molecule has 0 aromatic carbocycles. The normalized spacial score (nSPS) is 10.9. The van der Waals surface area contributed by atoms with Crippen LogP contribution in [0.25, 0.3) is 0 Å². The predicted molar refractivity (Wildman–Crippen MR) is 133 cm³/mol. The van der Waals surface area contributed by atoms with E-state index in [0.717, 1.165) is 77.5 Å². The Morgan fingerprint density at radius 3 is 1.23 bits per heavy atom. The zero-order valence-corrected chi connectivity index (χ0v) is 20.9. The monoisotopic (exact) mass is 439 g/mol. The molecule has 0 aromatic rings. The molecular formula is C26H53N3O2. The molecule has 0 aromatic heterocycles. The second-order valence-corrected chi connectivity index (χ2v) is 8.90. The van der Waals surface area contributed by atoms with Crippen LogP contribution in [0.4, 0.5) is 0 Å². The number of amides is 2. The van der Waals surface area contributed by atoms with Crippen molar-refractivity contribution in [1.82, 2.24) is 16.0 Å². The molecule has 0 aliphatic heterocycles. The Morgan fingerprint density at radius 2 is 0.806 bits per heavy atom. The summed E-state index contributed by atoms with van der Waals surface area (Å²) < 4.78 is 0. The molecule has 184 valence electrons. The van der Waals surface area contributed by atoms with Gasteiger partial charge in [-0.2, -0.15) is 0 Å². The molecule has 0 bridgehead atoms. The van der Waals surface area contributed by atoms with Crippen molar-refractivity contribution in [2.75, 3.05) is 26.2 Å². The first-order chi connectivity index (χ1) is 15.2. The van der Waals surface area contributed by atoms with Crippen LogP contribution in [0.5, 0.6) is 0 Å². The van der Waals surface area contributed by atoms with Gasteiger partial charge in [-0.1, -0.05) is 78.1 Å². The maximum Gasteiger partial charge on any atom is 0.219 e. The molecule has 0 radical (unpaired) electrons. The topological polar surface area (TPSA) is 70.2 Å². The largest absolute Gasteiger partial charge is 0.356 e. The summed E-state index contributed by atoms with van der Waals surface area (Å²) in [5.74, 6) is 0.424. The van der Waals surface area contributed by atoms with Crippen LogP contribution >= 0.6 is 0 Å². The van der Waals surface area contributed by atoms with Crippen LogP contribution in [0.15, 0.2) is 0 Å². The van der Waals surface area contributed by atoms with Crippen LogP contribution in [-0.2, 0) is 9.59 Å². The third kappa shape index (κ3) is 25.0. The van der Waals surface area contributed by atoms with Gasteiger partial charge < -0.3 is 16.0 Å². The highest BCUT2D eigenvalue weighted by Crippen LogP contribution is 2.04. The molecule has 3 N–H and O–H groups in total. The van der Waals surface area contributed by atoms with Gasteiger partial charge in [0.15, 0.2) is 0 Å². The van der Waals surface area contributed by atoms with Crippen LogP contribution in [-0.4, -0.2) is 38.0 Å².